The van der Waals surface area contributed by atoms with E-state index in [-0.39, 0.29) is 0 Å². The second-order valence-electron chi connectivity index (χ2n) is 3.36. The summed E-state index contributed by atoms with van der Waals surface area (Å²) in [6.45, 7) is 0. The molecule has 88 valence electrons. The van der Waals surface area contributed by atoms with Crippen LogP contribution in [0.2, 0.25) is 10.0 Å². The summed E-state index contributed by atoms with van der Waals surface area (Å²) in [6, 6.07) is 4.61. The number of benzene rings is 1. The molecule has 7 heteroatoms. The molecule has 0 amide bonds. The molecule has 0 aliphatic rings. The van der Waals surface area contributed by atoms with Crippen LogP contribution in [0.3, 0.4) is 0 Å². The van der Waals surface area contributed by atoms with Gasteiger partial charge in [0.2, 0.25) is 0 Å². The molecule has 17 heavy (non-hydrogen) atoms. The van der Waals surface area contributed by atoms with E-state index < -0.39 is 11.2 Å². The van der Waals surface area contributed by atoms with E-state index in [1.54, 1.807) is 6.07 Å². The Morgan fingerprint density at radius 1 is 1.12 bits per heavy atom. The summed E-state index contributed by atoms with van der Waals surface area (Å²) >= 11 is 11.7. The third-order valence-electron chi connectivity index (χ3n) is 2.17. The molecule has 0 aliphatic heterocycles. The summed E-state index contributed by atoms with van der Waals surface area (Å²) in [6.07, 6.45) is 1.05. The van der Waals surface area contributed by atoms with E-state index in [9.17, 15) is 9.59 Å². The Morgan fingerprint density at radius 2 is 1.71 bits per heavy atom. The smallest absolute Gasteiger partial charge is 0.267 e. The van der Waals surface area contributed by atoms with Crippen molar-refractivity contribution in [1.29, 1.82) is 0 Å². The zero-order valence-corrected chi connectivity index (χ0v) is 10.2. The van der Waals surface area contributed by atoms with E-state index in [1.165, 1.54) is 19.2 Å². The highest BCUT2D eigenvalue weighted by Gasteiger charge is 2.06. The maximum Gasteiger partial charge on any atom is 0.351 e. The van der Waals surface area contributed by atoms with Crippen molar-refractivity contribution in [1.82, 2.24) is 14.3 Å². The second kappa shape index (κ2) is 4.35. The predicted molar refractivity (Wildman–Crippen MR) is 65.1 cm³/mol. The van der Waals surface area contributed by atoms with Crippen LogP contribution in [0.1, 0.15) is 0 Å². The number of nitrogens with zero attached hydrogens (tertiary/aromatic N) is 3. The number of hydrogen-bond acceptors (Lipinski definition) is 3. The highest BCUT2D eigenvalue weighted by atomic mass is 35.5. The fraction of sp³-hybridized carbons (Fsp3) is 0.100. The molecule has 1 heterocycles. The molecule has 0 saturated heterocycles. The average molecular weight is 272 g/mol. The molecule has 0 unspecified atom stereocenters. The summed E-state index contributed by atoms with van der Waals surface area (Å²) in [5.41, 5.74) is -0.627. The topological polar surface area (TPSA) is 56.9 Å². The van der Waals surface area contributed by atoms with E-state index in [4.69, 9.17) is 23.2 Å². The van der Waals surface area contributed by atoms with Gasteiger partial charge in [0.15, 0.2) is 0 Å². The fourth-order valence-electron chi connectivity index (χ4n) is 1.32. The largest absolute Gasteiger partial charge is 0.351 e. The lowest BCUT2D eigenvalue weighted by Gasteiger charge is -2.06. The molecular weight excluding hydrogens is 265 g/mol. The minimum atomic E-state index is -0.559. The van der Waals surface area contributed by atoms with Gasteiger partial charge in [-0.1, -0.05) is 23.2 Å². The molecule has 0 radical (unpaired) electrons. The Morgan fingerprint density at radius 3 is 2.29 bits per heavy atom. The average Bonchev–Trinajstić information content (AvgIpc) is 2.24. The van der Waals surface area contributed by atoms with Crippen LogP contribution >= 0.6 is 23.2 Å². The zero-order chi connectivity index (χ0) is 12.6. The van der Waals surface area contributed by atoms with Crippen LogP contribution < -0.4 is 11.2 Å². The molecule has 1 aromatic carbocycles. The van der Waals surface area contributed by atoms with Gasteiger partial charge in [-0.15, -0.1) is 0 Å². The van der Waals surface area contributed by atoms with Gasteiger partial charge in [-0.2, -0.15) is 9.78 Å². The lowest BCUT2D eigenvalue weighted by molar-refractivity contribution is 0.655. The van der Waals surface area contributed by atoms with E-state index in [0.29, 0.717) is 15.7 Å². The highest BCUT2D eigenvalue weighted by Crippen LogP contribution is 2.20. The van der Waals surface area contributed by atoms with E-state index in [1.807, 2.05) is 0 Å². The molecule has 1 aromatic heterocycles. The Labute approximate surface area is 106 Å². The SMILES string of the molecule is Cn1c(=O)cnn(-c2cc(Cl)cc(Cl)c2)c1=O. The van der Waals surface area contributed by atoms with Crippen LogP contribution in [0.4, 0.5) is 0 Å². The molecule has 5 nitrogen and oxygen atoms in total. The third-order valence-corrected chi connectivity index (χ3v) is 2.61. The minimum Gasteiger partial charge on any atom is -0.267 e. The van der Waals surface area contributed by atoms with Crippen LogP contribution in [-0.2, 0) is 7.05 Å². The fourth-order valence-corrected chi connectivity index (χ4v) is 1.83. The van der Waals surface area contributed by atoms with Gasteiger partial charge in [0, 0.05) is 17.1 Å². The lowest BCUT2D eigenvalue weighted by atomic mass is 10.3. The van der Waals surface area contributed by atoms with E-state index >= 15 is 0 Å². The van der Waals surface area contributed by atoms with Crippen molar-refractivity contribution in [3.63, 3.8) is 0 Å². The standard InChI is InChI=1S/C10H7Cl2N3O2/c1-14-9(16)5-13-15(10(14)17)8-3-6(11)2-7(12)4-8/h2-5H,1H3. The monoisotopic (exact) mass is 271 g/mol. The molecular formula is C10H7Cl2N3O2. The van der Waals surface area contributed by atoms with Crippen molar-refractivity contribution in [3.8, 4) is 5.69 Å². The Kier molecular flexibility index (Phi) is 3.04. The first kappa shape index (κ1) is 11.9. The van der Waals surface area contributed by atoms with Crippen molar-refractivity contribution in [3.05, 3.63) is 55.3 Å². The van der Waals surface area contributed by atoms with Crippen molar-refractivity contribution < 1.29 is 0 Å². The van der Waals surface area contributed by atoms with Crippen LogP contribution in [0, 0.1) is 0 Å². The quantitative estimate of drug-likeness (QED) is 0.784. The first-order valence-electron chi connectivity index (χ1n) is 4.61. The van der Waals surface area contributed by atoms with Gasteiger partial charge in [-0.25, -0.2) is 4.79 Å². The first-order valence-corrected chi connectivity index (χ1v) is 5.36. The van der Waals surface area contributed by atoms with Gasteiger partial charge in [0.05, 0.1) is 5.69 Å². The number of rotatable bonds is 1. The van der Waals surface area contributed by atoms with Crippen molar-refractivity contribution in [2.45, 2.75) is 0 Å². The van der Waals surface area contributed by atoms with Gasteiger partial charge in [0.25, 0.3) is 5.56 Å². The normalized spacial score (nSPS) is 10.5. The Hall–Kier alpha value is -1.59. The maximum atomic E-state index is 11.8. The third kappa shape index (κ3) is 2.25. The number of halogens is 2. The molecule has 0 saturated carbocycles. The number of hydrogen-bond donors (Lipinski definition) is 0. The molecule has 0 atom stereocenters. The Balaban J connectivity index is 2.73. The van der Waals surface area contributed by atoms with Crippen LogP contribution in [0.15, 0.2) is 34.0 Å². The molecule has 0 spiro atoms. The summed E-state index contributed by atoms with van der Waals surface area (Å²) in [7, 11) is 1.37. The summed E-state index contributed by atoms with van der Waals surface area (Å²) < 4.78 is 2.00. The molecule has 0 aliphatic carbocycles. The van der Waals surface area contributed by atoms with Crippen molar-refractivity contribution >= 4 is 23.2 Å². The predicted octanol–water partition coefficient (Wildman–Crippen LogP) is 1.24. The van der Waals surface area contributed by atoms with Gasteiger partial charge in [-0.3, -0.25) is 9.36 Å². The second-order valence-corrected chi connectivity index (χ2v) is 4.24. The summed E-state index contributed by atoms with van der Waals surface area (Å²) in [4.78, 5) is 23.0. The van der Waals surface area contributed by atoms with Crippen molar-refractivity contribution in [2.75, 3.05) is 0 Å². The number of aromatic nitrogens is 3. The highest BCUT2D eigenvalue weighted by molar-refractivity contribution is 6.34. The Bertz CT molecular complexity index is 670. The maximum absolute atomic E-state index is 11.8. The van der Waals surface area contributed by atoms with Gasteiger partial charge in [0.1, 0.15) is 6.20 Å². The molecule has 0 fully saturated rings. The van der Waals surface area contributed by atoms with Crippen molar-refractivity contribution in [2.24, 2.45) is 7.05 Å². The van der Waals surface area contributed by atoms with Crippen LogP contribution in [0.25, 0.3) is 5.69 Å². The van der Waals surface area contributed by atoms with Crippen LogP contribution in [0.5, 0.6) is 0 Å². The molecule has 2 aromatic rings. The minimum absolute atomic E-state index is 0.384. The molecule has 2 rings (SSSR count). The summed E-state index contributed by atoms with van der Waals surface area (Å²) in [5, 5.41) is 4.51. The van der Waals surface area contributed by atoms with Gasteiger partial charge in [-0.05, 0) is 18.2 Å². The van der Waals surface area contributed by atoms with Gasteiger partial charge < -0.3 is 0 Å². The lowest BCUT2D eigenvalue weighted by Crippen LogP contribution is -2.38. The van der Waals surface area contributed by atoms with Crippen LogP contribution in [-0.4, -0.2) is 14.3 Å². The van der Waals surface area contributed by atoms with Gasteiger partial charge >= 0.3 is 5.69 Å². The van der Waals surface area contributed by atoms with E-state index in [0.717, 1.165) is 15.4 Å². The summed E-state index contributed by atoms with van der Waals surface area (Å²) in [5.74, 6) is 0. The zero-order valence-electron chi connectivity index (χ0n) is 8.72. The first-order chi connectivity index (χ1) is 7.99. The van der Waals surface area contributed by atoms with E-state index in [2.05, 4.69) is 5.10 Å². The molecule has 0 bridgehead atoms. The molecule has 0 N–H and O–H groups in total.